The van der Waals surface area contributed by atoms with Crippen LogP contribution in [0.3, 0.4) is 0 Å². The van der Waals surface area contributed by atoms with Gasteiger partial charge in [0.1, 0.15) is 23.9 Å². The molecule has 1 aliphatic carbocycles. The zero-order valence-corrected chi connectivity index (χ0v) is 11.8. The van der Waals surface area contributed by atoms with E-state index >= 15 is 0 Å². The Balaban J connectivity index is 1.64. The number of ketones is 1. The highest BCUT2D eigenvalue weighted by Crippen LogP contribution is 2.33. The molecule has 7 nitrogen and oxygen atoms in total. The number of ether oxygens (including phenoxy) is 1. The van der Waals surface area contributed by atoms with Gasteiger partial charge in [-0.1, -0.05) is 18.2 Å². The molecule has 1 saturated heterocycles. The number of aliphatic hydroxyl groups excluding tert-OH is 1. The number of nitrogens with zero attached hydrogens (tertiary/aromatic N) is 1. The molecule has 1 aromatic heterocycles. The van der Waals surface area contributed by atoms with Gasteiger partial charge in [-0.2, -0.15) is 0 Å². The molecule has 0 bridgehead atoms. The van der Waals surface area contributed by atoms with Crippen molar-refractivity contribution in [2.75, 3.05) is 0 Å². The molecule has 3 N–H and O–H groups in total. The van der Waals surface area contributed by atoms with Gasteiger partial charge in [-0.25, -0.2) is 4.98 Å². The molecule has 116 valence electrons. The van der Waals surface area contributed by atoms with Crippen LogP contribution in [0.4, 0.5) is 0 Å². The Labute approximate surface area is 130 Å². The number of para-hydroxylation sites is 1. The number of rotatable bonds is 2. The minimum Gasteiger partial charge on any atom is -0.493 e. The lowest BCUT2D eigenvalue weighted by Crippen LogP contribution is -2.37. The number of nitrogens with one attached hydrogen (secondary N) is 1. The van der Waals surface area contributed by atoms with Gasteiger partial charge in [0.15, 0.2) is 5.78 Å². The summed E-state index contributed by atoms with van der Waals surface area (Å²) in [5.41, 5.74) is 0.581. The molecule has 2 heterocycles. The lowest BCUT2D eigenvalue weighted by atomic mass is 10.0. The van der Waals surface area contributed by atoms with Crippen molar-refractivity contribution in [3.63, 3.8) is 0 Å². The van der Waals surface area contributed by atoms with Crippen molar-refractivity contribution in [1.29, 1.82) is 0 Å². The Bertz CT molecular complexity index is 876. The maximum atomic E-state index is 12.3. The van der Waals surface area contributed by atoms with Crippen LogP contribution in [0.5, 0.6) is 5.88 Å². The first-order chi connectivity index (χ1) is 11.0. The van der Waals surface area contributed by atoms with E-state index in [4.69, 9.17) is 4.74 Å². The van der Waals surface area contributed by atoms with Crippen molar-refractivity contribution in [2.24, 2.45) is 0 Å². The molecule has 1 amide bonds. The second-order valence-electron chi connectivity index (χ2n) is 5.47. The Kier molecular flexibility index (Phi) is 2.93. The van der Waals surface area contributed by atoms with E-state index in [-0.39, 0.29) is 17.0 Å². The van der Waals surface area contributed by atoms with Gasteiger partial charge in [0, 0.05) is 11.5 Å². The number of hydrogen-bond donors (Lipinski definition) is 3. The van der Waals surface area contributed by atoms with E-state index in [1.807, 2.05) is 0 Å². The van der Waals surface area contributed by atoms with Crippen LogP contribution in [0.2, 0.25) is 0 Å². The van der Waals surface area contributed by atoms with E-state index in [2.05, 4.69) is 10.3 Å². The molecular weight excluding hydrogens is 300 g/mol. The molecule has 1 fully saturated rings. The first kappa shape index (κ1) is 13.9. The number of aromatic hydroxyl groups is 1. The average Bonchev–Trinajstić information content (AvgIpc) is 3.33. The molecule has 23 heavy (non-hydrogen) atoms. The maximum Gasteiger partial charge on any atom is 0.261 e. The van der Waals surface area contributed by atoms with Crippen molar-refractivity contribution >= 4 is 22.6 Å². The van der Waals surface area contributed by atoms with E-state index in [9.17, 15) is 19.8 Å². The van der Waals surface area contributed by atoms with E-state index in [1.54, 1.807) is 24.3 Å². The zero-order chi connectivity index (χ0) is 16.1. The summed E-state index contributed by atoms with van der Waals surface area (Å²) in [4.78, 5) is 27.9. The lowest BCUT2D eigenvalue weighted by Gasteiger charge is -2.17. The third-order valence-corrected chi connectivity index (χ3v) is 3.94. The summed E-state index contributed by atoms with van der Waals surface area (Å²) in [6, 6.07) is 8.54. The lowest BCUT2D eigenvalue weighted by molar-refractivity contribution is -0.116. The summed E-state index contributed by atoms with van der Waals surface area (Å²) < 4.78 is 5.04. The minimum atomic E-state index is -1.07. The molecule has 2 aromatic rings. The molecule has 0 radical (unpaired) electrons. The average molecular weight is 312 g/mol. The molecule has 0 saturated carbocycles. The summed E-state index contributed by atoms with van der Waals surface area (Å²) in [6.45, 7) is 0. The van der Waals surface area contributed by atoms with Gasteiger partial charge in [-0.3, -0.25) is 9.59 Å². The molecule has 0 spiro atoms. The van der Waals surface area contributed by atoms with Gasteiger partial charge in [-0.15, -0.1) is 0 Å². The number of aliphatic hydroxyl groups is 1. The quantitative estimate of drug-likeness (QED) is 0.686. The monoisotopic (exact) mass is 312 g/mol. The highest BCUT2D eigenvalue weighted by Gasteiger charge is 2.53. The predicted molar refractivity (Wildman–Crippen MR) is 78.6 cm³/mol. The number of benzene rings is 1. The topological polar surface area (TPSA) is 112 Å². The molecule has 3 unspecified atom stereocenters. The molecule has 4 rings (SSSR count). The largest absolute Gasteiger partial charge is 0.493 e. The summed E-state index contributed by atoms with van der Waals surface area (Å²) in [7, 11) is 0. The fraction of sp³-hybridized carbons (Fsp3) is 0.188. The van der Waals surface area contributed by atoms with Crippen LogP contribution >= 0.6 is 0 Å². The molecule has 1 aliphatic heterocycles. The first-order valence-electron chi connectivity index (χ1n) is 7.03. The fourth-order valence-corrected chi connectivity index (χ4v) is 2.67. The van der Waals surface area contributed by atoms with Crippen LogP contribution < -0.4 is 5.32 Å². The van der Waals surface area contributed by atoms with Gasteiger partial charge < -0.3 is 20.3 Å². The number of hydrogen-bond acceptors (Lipinski definition) is 6. The molecule has 2 aliphatic rings. The standard InChI is InChI=1S/C16H12N2O5/c19-11-6-10(12(20)14-13(11)23-14)18-16(22)8-5-7-3-1-2-4-9(7)17-15(8)21/h1-6,12-14,20H,(H,17,21)(H,18,22). The molecular formula is C16H12N2O5. The number of aromatic nitrogens is 1. The number of pyridine rings is 1. The summed E-state index contributed by atoms with van der Waals surface area (Å²) in [5, 5.41) is 23.1. The Morgan fingerprint density at radius 3 is 2.91 bits per heavy atom. The summed E-state index contributed by atoms with van der Waals surface area (Å²) in [6.07, 6.45) is -1.13. The van der Waals surface area contributed by atoms with Gasteiger partial charge in [0.05, 0.1) is 11.2 Å². The Hall–Kier alpha value is -2.77. The van der Waals surface area contributed by atoms with Gasteiger partial charge >= 0.3 is 0 Å². The smallest absolute Gasteiger partial charge is 0.261 e. The fourth-order valence-electron chi connectivity index (χ4n) is 2.67. The number of amides is 1. The number of epoxide rings is 1. The van der Waals surface area contributed by atoms with E-state index in [0.717, 1.165) is 6.08 Å². The molecule has 1 aromatic carbocycles. The third kappa shape index (κ3) is 2.26. The Morgan fingerprint density at radius 2 is 2.09 bits per heavy atom. The number of fused-ring (bicyclic) bond motifs is 2. The second-order valence-corrected chi connectivity index (χ2v) is 5.47. The first-order valence-corrected chi connectivity index (χ1v) is 7.03. The maximum absolute atomic E-state index is 12.3. The number of carbonyl (C=O) groups excluding carboxylic acids is 2. The van der Waals surface area contributed by atoms with Gasteiger partial charge in [0.2, 0.25) is 5.88 Å². The van der Waals surface area contributed by atoms with E-state index in [0.29, 0.717) is 10.9 Å². The second kappa shape index (κ2) is 4.87. The predicted octanol–water partition coefficient (Wildman–Crippen LogP) is 0.265. The normalized spacial score (nSPS) is 25.7. The van der Waals surface area contributed by atoms with Crippen molar-refractivity contribution < 1.29 is 24.5 Å². The highest BCUT2D eigenvalue weighted by molar-refractivity contribution is 6.03. The minimum absolute atomic E-state index is 0.0388. The van der Waals surface area contributed by atoms with E-state index in [1.165, 1.54) is 6.07 Å². The number of carbonyl (C=O) groups is 2. The summed E-state index contributed by atoms with van der Waals surface area (Å²) >= 11 is 0. The zero-order valence-electron chi connectivity index (χ0n) is 11.8. The van der Waals surface area contributed by atoms with Crippen LogP contribution in [0, 0.1) is 0 Å². The van der Waals surface area contributed by atoms with Crippen LogP contribution in [-0.4, -0.2) is 45.2 Å². The van der Waals surface area contributed by atoms with Crippen LogP contribution in [0.25, 0.3) is 10.9 Å². The summed E-state index contributed by atoms with van der Waals surface area (Å²) in [5.74, 6) is -1.37. The van der Waals surface area contributed by atoms with Crippen LogP contribution in [0.1, 0.15) is 10.4 Å². The van der Waals surface area contributed by atoms with Gasteiger partial charge in [-0.05, 0) is 12.1 Å². The highest BCUT2D eigenvalue weighted by atomic mass is 16.6. The van der Waals surface area contributed by atoms with E-state index < -0.39 is 30.1 Å². The van der Waals surface area contributed by atoms with Crippen LogP contribution in [0.15, 0.2) is 42.1 Å². The SMILES string of the molecule is O=C(NC1=CC(=O)C2OC2C1O)c1cc2ccccc2nc1O. The molecule has 3 atom stereocenters. The van der Waals surface area contributed by atoms with Crippen molar-refractivity contribution in [2.45, 2.75) is 18.3 Å². The van der Waals surface area contributed by atoms with Crippen molar-refractivity contribution in [1.82, 2.24) is 10.3 Å². The van der Waals surface area contributed by atoms with Crippen molar-refractivity contribution in [3.05, 3.63) is 47.7 Å². The van der Waals surface area contributed by atoms with Crippen LogP contribution in [-0.2, 0) is 9.53 Å². The third-order valence-electron chi connectivity index (χ3n) is 3.94. The van der Waals surface area contributed by atoms with Crippen molar-refractivity contribution in [3.8, 4) is 5.88 Å². The van der Waals surface area contributed by atoms with Gasteiger partial charge in [0.25, 0.3) is 5.91 Å². The molecule has 7 heteroatoms. The Morgan fingerprint density at radius 1 is 1.30 bits per heavy atom.